The lowest BCUT2D eigenvalue weighted by Crippen LogP contribution is -2.32. The summed E-state index contributed by atoms with van der Waals surface area (Å²) in [5.74, 6) is 0.935. The molecule has 1 aromatic rings. The second-order valence-corrected chi connectivity index (χ2v) is 5.06. The number of hydrogen-bond donors (Lipinski definition) is 1. The molecule has 1 atom stereocenters. The van der Waals surface area contributed by atoms with Crippen molar-refractivity contribution in [2.75, 3.05) is 26.4 Å². The highest BCUT2D eigenvalue weighted by Crippen LogP contribution is 2.13. The zero-order chi connectivity index (χ0) is 11.2. The monoisotopic (exact) mass is 333 g/mol. The Morgan fingerprint density at radius 1 is 1.38 bits per heavy atom. The first-order valence-electron chi connectivity index (χ1n) is 5.54. The van der Waals surface area contributed by atoms with Crippen molar-refractivity contribution in [2.45, 2.75) is 12.5 Å². The van der Waals surface area contributed by atoms with Crippen molar-refractivity contribution in [1.29, 1.82) is 0 Å². The lowest BCUT2D eigenvalue weighted by atomic mass is 10.3. The van der Waals surface area contributed by atoms with Crippen LogP contribution in [0.25, 0.3) is 0 Å². The van der Waals surface area contributed by atoms with E-state index in [0.29, 0.717) is 12.6 Å². The lowest BCUT2D eigenvalue weighted by molar-refractivity contribution is 0.188. The Morgan fingerprint density at radius 3 is 2.88 bits per heavy atom. The summed E-state index contributed by atoms with van der Waals surface area (Å²) in [6, 6.07) is 8.61. The van der Waals surface area contributed by atoms with Crippen molar-refractivity contribution >= 4 is 22.6 Å². The maximum Gasteiger partial charge on any atom is 0.119 e. The molecule has 0 saturated carbocycles. The first-order chi connectivity index (χ1) is 7.84. The average molecular weight is 333 g/mol. The van der Waals surface area contributed by atoms with Crippen LogP contribution >= 0.6 is 22.6 Å². The smallest absolute Gasteiger partial charge is 0.119 e. The van der Waals surface area contributed by atoms with Crippen LogP contribution in [0, 0.1) is 3.57 Å². The Morgan fingerprint density at radius 2 is 2.19 bits per heavy atom. The molecule has 1 aromatic carbocycles. The van der Waals surface area contributed by atoms with E-state index in [-0.39, 0.29) is 0 Å². The van der Waals surface area contributed by atoms with Gasteiger partial charge in [-0.05, 0) is 53.3 Å². The largest absolute Gasteiger partial charge is 0.492 e. The van der Waals surface area contributed by atoms with Gasteiger partial charge in [0.2, 0.25) is 0 Å². The number of ether oxygens (including phenoxy) is 2. The maximum atomic E-state index is 5.61. The van der Waals surface area contributed by atoms with Crippen LogP contribution in [0.4, 0.5) is 0 Å². The van der Waals surface area contributed by atoms with Crippen molar-refractivity contribution in [1.82, 2.24) is 5.32 Å². The SMILES string of the molecule is Ic1ccc(OCCNC2CCOC2)cc1. The lowest BCUT2D eigenvalue weighted by Gasteiger charge is -2.11. The van der Waals surface area contributed by atoms with Gasteiger partial charge in [0.1, 0.15) is 12.4 Å². The molecule has 0 radical (unpaired) electrons. The van der Waals surface area contributed by atoms with Crippen LogP contribution in [-0.2, 0) is 4.74 Å². The molecule has 1 saturated heterocycles. The van der Waals surface area contributed by atoms with Gasteiger partial charge in [0.25, 0.3) is 0 Å². The summed E-state index contributed by atoms with van der Waals surface area (Å²) < 4.78 is 12.1. The minimum absolute atomic E-state index is 0.514. The van der Waals surface area contributed by atoms with Crippen molar-refractivity contribution in [3.63, 3.8) is 0 Å². The highest BCUT2D eigenvalue weighted by Gasteiger charge is 2.13. The van der Waals surface area contributed by atoms with Crippen LogP contribution in [0.15, 0.2) is 24.3 Å². The molecule has 1 heterocycles. The van der Waals surface area contributed by atoms with Crippen molar-refractivity contribution in [3.05, 3.63) is 27.8 Å². The summed E-state index contributed by atoms with van der Waals surface area (Å²) in [6.45, 7) is 3.30. The summed E-state index contributed by atoms with van der Waals surface area (Å²) in [6.07, 6.45) is 1.11. The van der Waals surface area contributed by atoms with Gasteiger partial charge in [-0.3, -0.25) is 0 Å². The van der Waals surface area contributed by atoms with Crippen molar-refractivity contribution in [2.24, 2.45) is 0 Å². The topological polar surface area (TPSA) is 30.5 Å². The number of hydrogen-bond acceptors (Lipinski definition) is 3. The Kier molecular flexibility index (Phi) is 4.87. The zero-order valence-electron chi connectivity index (χ0n) is 9.12. The van der Waals surface area contributed by atoms with Crippen molar-refractivity contribution in [3.8, 4) is 5.75 Å². The van der Waals surface area contributed by atoms with E-state index >= 15 is 0 Å². The van der Waals surface area contributed by atoms with Gasteiger partial charge in [-0.15, -0.1) is 0 Å². The Labute approximate surface area is 110 Å². The predicted octanol–water partition coefficient (Wildman–Crippen LogP) is 2.05. The molecule has 16 heavy (non-hydrogen) atoms. The van der Waals surface area contributed by atoms with E-state index in [1.807, 2.05) is 24.3 Å². The molecule has 88 valence electrons. The van der Waals surface area contributed by atoms with Gasteiger partial charge >= 0.3 is 0 Å². The second kappa shape index (κ2) is 6.42. The van der Waals surface area contributed by atoms with Crippen LogP contribution in [0.2, 0.25) is 0 Å². The van der Waals surface area contributed by atoms with Crippen LogP contribution in [-0.4, -0.2) is 32.4 Å². The van der Waals surface area contributed by atoms with Crippen LogP contribution < -0.4 is 10.1 Å². The zero-order valence-corrected chi connectivity index (χ0v) is 11.3. The van der Waals surface area contributed by atoms with Crippen LogP contribution in [0.1, 0.15) is 6.42 Å². The fourth-order valence-corrected chi connectivity index (χ4v) is 2.02. The minimum atomic E-state index is 0.514. The number of nitrogens with one attached hydrogen (secondary N) is 1. The molecule has 1 fully saturated rings. The summed E-state index contributed by atoms with van der Waals surface area (Å²) in [7, 11) is 0. The molecule has 0 amide bonds. The van der Waals surface area contributed by atoms with Gasteiger partial charge in [0, 0.05) is 22.8 Å². The van der Waals surface area contributed by atoms with Gasteiger partial charge in [-0.25, -0.2) is 0 Å². The molecule has 2 rings (SSSR count). The Bertz CT molecular complexity index is 309. The first kappa shape index (κ1) is 12.1. The van der Waals surface area contributed by atoms with E-state index in [4.69, 9.17) is 9.47 Å². The van der Waals surface area contributed by atoms with E-state index in [0.717, 1.165) is 31.9 Å². The van der Waals surface area contributed by atoms with Gasteiger partial charge in [0.05, 0.1) is 6.61 Å². The molecule has 1 aliphatic heterocycles. The van der Waals surface area contributed by atoms with E-state index < -0.39 is 0 Å². The maximum absolute atomic E-state index is 5.61. The highest BCUT2D eigenvalue weighted by molar-refractivity contribution is 14.1. The molecule has 1 unspecified atom stereocenters. The normalized spacial score (nSPS) is 19.9. The standard InChI is InChI=1S/C12H16INO2/c13-10-1-3-12(4-2-10)16-8-6-14-11-5-7-15-9-11/h1-4,11,14H,5-9H2. The highest BCUT2D eigenvalue weighted by atomic mass is 127. The van der Waals surface area contributed by atoms with Gasteiger partial charge < -0.3 is 14.8 Å². The van der Waals surface area contributed by atoms with Crippen LogP contribution in [0.3, 0.4) is 0 Å². The number of benzene rings is 1. The average Bonchev–Trinajstić information content (AvgIpc) is 2.80. The molecule has 0 bridgehead atoms. The molecule has 0 aromatic heterocycles. The summed E-state index contributed by atoms with van der Waals surface area (Å²) in [4.78, 5) is 0. The Hall–Kier alpha value is -0.330. The molecule has 4 heteroatoms. The summed E-state index contributed by atoms with van der Waals surface area (Å²) in [5, 5.41) is 3.41. The first-order valence-corrected chi connectivity index (χ1v) is 6.62. The van der Waals surface area contributed by atoms with E-state index in [1.54, 1.807) is 0 Å². The fraction of sp³-hybridized carbons (Fsp3) is 0.500. The summed E-state index contributed by atoms with van der Waals surface area (Å²) in [5.41, 5.74) is 0. The quantitative estimate of drug-likeness (QED) is 0.661. The molecule has 1 N–H and O–H groups in total. The molecular weight excluding hydrogens is 317 g/mol. The van der Waals surface area contributed by atoms with Crippen molar-refractivity contribution < 1.29 is 9.47 Å². The molecule has 0 spiro atoms. The summed E-state index contributed by atoms with van der Waals surface area (Å²) >= 11 is 2.29. The minimum Gasteiger partial charge on any atom is -0.492 e. The number of rotatable bonds is 5. The fourth-order valence-electron chi connectivity index (χ4n) is 1.66. The number of halogens is 1. The van der Waals surface area contributed by atoms with Gasteiger partial charge in [-0.2, -0.15) is 0 Å². The molecule has 0 aliphatic carbocycles. The molecule has 3 nitrogen and oxygen atoms in total. The Balaban J connectivity index is 1.62. The van der Waals surface area contributed by atoms with E-state index in [9.17, 15) is 0 Å². The van der Waals surface area contributed by atoms with E-state index in [1.165, 1.54) is 3.57 Å². The van der Waals surface area contributed by atoms with E-state index in [2.05, 4.69) is 27.9 Å². The molecular formula is C12H16INO2. The third kappa shape index (κ3) is 3.92. The van der Waals surface area contributed by atoms with Gasteiger partial charge in [0.15, 0.2) is 0 Å². The second-order valence-electron chi connectivity index (χ2n) is 3.82. The third-order valence-electron chi connectivity index (χ3n) is 2.55. The van der Waals surface area contributed by atoms with Crippen LogP contribution in [0.5, 0.6) is 5.75 Å². The van der Waals surface area contributed by atoms with Gasteiger partial charge in [-0.1, -0.05) is 0 Å². The molecule has 1 aliphatic rings. The third-order valence-corrected chi connectivity index (χ3v) is 3.27. The predicted molar refractivity (Wildman–Crippen MR) is 71.9 cm³/mol.